The lowest BCUT2D eigenvalue weighted by molar-refractivity contribution is 0.374. The van der Waals surface area contributed by atoms with E-state index in [0.29, 0.717) is 34.5 Å². The molecule has 6 aromatic carbocycles. The van der Waals surface area contributed by atoms with Gasteiger partial charge >= 0.3 is 0 Å². The first kappa shape index (κ1) is 36.7. The van der Waals surface area contributed by atoms with Gasteiger partial charge in [-0.15, -0.1) is 0 Å². The van der Waals surface area contributed by atoms with Crippen LogP contribution in [-0.2, 0) is 0 Å². The molecule has 264 valence electrons. The molecule has 6 aromatic rings. The van der Waals surface area contributed by atoms with E-state index >= 15 is 0 Å². The summed E-state index contributed by atoms with van der Waals surface area (Å²) in [6.07, 6.45) is 0. The molecule has 0 aliphatic carbocycles. The van der Waals surface area contributed by atoms with Gasteiger partial charge in [-0.2, -0.15) is 0 Å². The van der Waals surface area contributed by atoms with Gasteiger partial charge in [0.1, 0.15) is 34.5 Å². The predicted molar refractivity (Wildman–Crippen MR) is 209 cm³/mol. The number of hydrogen-bond donors (Lipinski definition) is 0. The maximum Gasteiger partial charge on any atom is 0.135 e. The molecule has 0 heterocycles. The molecule has 0 N–H and O–H groups in total. The molecule has 0 aliphatic rings. The Hall–Kier alpha value is -6.54. The highest BCUT2D eigenvalue weighted by atomic mass is 16.5. The first-order valence-electron chi connectivity index (χ1n) is 16.5. The number of methoxy groups -OCH3 is 6. The second-order valence-corrected chi connectivity index (χ2v) is 11.1. The number of ether oxygens (including phenoxy) is 6. The molecule has 0 amide bonds. The fourth-order valence-corrected chi connectivity index (χ4v) is 5.46. The summed E-state index contributed by atoms with van der Waals surface area (Å²) in [7, 11) is 9.74. The van der Waals surface area contributed by atoms with E-state index in [1.54, 1.807) is 42.7 Å². The van der Waals surface area contributed by atoms with Crippen LogP contribution < -0.4 is 28.4 Å². The molecule has 0 aromatic heterocycles. The van der Waals surface area contributed by atoms with Crippen LogP contribution in [0.2, 0.25) is 0 Å². The van der Waals surface area contributed by atoms with Crippen LogP contribution in [0.25, 0.3) is 0 Å². The Kier molecular flexibility index (Phi) is 13.0. The van der Waals surface area contributed by atoms with E-state index in [-0.39, 0.29) is 0 Å². The van der Waals surface area contributed by atoms with Crippen LogP contribution in [0, 0.1) is 0 Å². The highest BCUT2D eigenvalue weighted by Gasteiger charge is 2.22. The molecule has 8 nitrogen and oxygen atoms in total. The normalized spacial score (nSPS) is 11.1. The van der Waals surface area contributed by atoms with Gasteiger partial charge in [0, 0.05) is 35.4 Å². The molecular weight excluding hydrogens is 652 g/mol. The number of rotatable bonds is 12. The monoisotopic (exact) mass is 694 g/mol. The zero-order chi connectivity index (χ0) is 36.7. The van der Waals surface area contributed by atoms with Gasteiger partial charge in [0.25, 0.3) is 0 Å². The maximum absolute atomic E-state index is 5.63. The van der Waals surface area contributed by atoms with Gasteiger partial charge in [0.15, 0.2) is 0 Å². The number of benzene rings is 6. The summed E-state index contributed by atoms with van der Waals surface area (Å²) in [6.45, 7) is 0. The Morgan fingerprint density at radius 3 is 0.865 bits per heavy atom. The van der Waals surface area contributed by atoms with Crippen molar-refractivity contribution in [3.05, 3.63) is 168 Å². The lowest BCUT2D eigenvalue weighted by Crippen LogP contribution is -2.08. The number of para-hydroxylation sites is 2. The highest BCUT2D eigenvalue weighted by molar-refractivity contribution is 6.18. The number of hydrogen-bond acceptors (Lipinski definition) is 8. The van der Waals surface area contributed by atoms with Crippen LogP contribution in [0.3, 0.4) is 0 Å². The summed E-state index contributed by atoms with van der Waals surface area (Å²) < 4.78 is 33.2. The van der Waals surface area contributed by atoms with Crippen molar-refractivity contribution in [3.63, 3.8) is 0 Å². The summed E-state index contributed by atoms with van der Waals surface area (Å²) in [6, 6.07) is 46.9. The quantitative estimate of drug-likeness (QED) is 0.119. The van der Waals surface area contributed by atoms with E-state index in [2.05, 4.69) is 0 Å². The Morgan fingerprint density at radius 1 is 0.346 bits per heavy atom. The summed E-state index contributed by atoms with van der Waals surface area (Å²) in [4.78, 5) is 9.78. The first-order chi connectivity index (χ1) is 25.5. The molecule has 52 heavy (non-hydrogen) atoms. The molecule has 0 saturated heterocycles. The summed E-state index contributed by atoms with van der Waals surface area (Å²) in [5.41, 5.74) is 6.76. The van der Waals surface area contributed by atoms with Crippen molar-refractivity contribution in [2.45, 2.75) is 0 Å². The third-order valence-electron chi connectivity index (χ3n) is 7.99. The summed E-state index contributed by atoms with van der Waals surface area (Å²) >= 11 is 0. The maximum atomic E-state index is 5.63. The fourth-order valence-electron chi connectivity index (χ4n) is 5.46. The largest absolute Gasteiger partial charge is 0.496 e. The van der Waals surface area contributed by atoms with Crippen LogP contribution in [0.1, 0.15) is 22.3 Å². The Balaban J connectivity index is 0.000000201. The molecule has 0 spiro atoms. The molecule has 0 saturated carbocycles. The Bertz CT molecular complexity index is 1880. The second kappa shape index (κ2) is 18.5. The van der Waals surface area contributed by atoms with Crippen molar-refractivity contribution < 1.29 is 28.4 Å². The molecule has 0 bridgehead atoms. The molecule has 0 unspecified atom stereocenters. The van der Waals surface area contributed by atoms with Crippen molar-refractivity contribution >= 4 is 22.8 Å². The lowest BCUT2D eigenvalue weighted by Gasteiger charge is -2.17. The van der Waals surface area contributed by atoms with Gasteiger partial charge in [0.05, 0.1) is 76.6 Å². The van der Waals surface area contributed by atoms with Crippen molar-refractivity contribution in [3.8, 4) is 34.5 Å². The molecular formula is C44H42N2O6. The van der Waals surface area contributed by atoms with E-state index in [4.69, 9.17) is 38.4 Å². The van der Waals surface area contributed by atoms with E-state index in [0.717, 1.165) is 45.1 Å². The molecule has 6 rings (SSSR count). The van der Waals surface area contributed by atoms with Crippen molar-refractivity contribution in [2.75, 3.05) is 42.7 Å². The van der Waals surface area contributed by atoms with E-state index in [1.807, 2.05) is 146 Å². The topological polar surface area (TPSA) is 80.1 Å². The SMILES string of the molecule is COc1cc(OC)c(C(=Nc2ccccc2)c2ccccc2)c(OC)c1.COc1cc(OC)c(C(=Nc2ccccc2)c2ccccc2)c(OC)c1. The lowest BCUT2D eigenvalue weighted by atomic mass is 9.99. The molecule has 0 fully saturated rings. The zero-order valence-electron chi connectivity index (χ0n) is 30.2. The van der Waals surface area contributed by atoms with Gasteiger partial charge in [-0.1, -0.05) is 97.1 Å². The van der Waals surface area contributed by atoms with Gasteiger partial charge < -0.3 is 28.4 Å². The van der Waals surface area contributed by atoms with Crippen LogP contribution >= 0.6 is 0 Å². The Labute approximate surface area is 305 Å². The summed E-state index contributed by atoms with van der Waals surface area (Å²) in [5.74, 6) is 3.88. The average molecular weight is 695 g/mol. The predicted octanol–water partition coefficient (Wildman–Crippen LogP) is 9.76. The third kappa shape index (κ3) is 8.97. The van der Waals surface area contributed by atoms with Crippen LogP contribution in [0.5, 0.6) is 34.5 Å². The van der Waals surface area contributed by atoms with Crippen LogP contribution in [0.4, 0.5) is 11.4 Å². The summed E-state index contributed by atoms with van der Waals surface area (Å²) in [5, 5.41) is 0. The number of nitrogens with zero attached hydrogens (tertiary/aromatic N) is 2. The first-order valence-corrected chi connectivity index (χ1v) is 16.5. The molecule has 0 aliphatic heterocycles. The van der Waals surface area contributed by atoms with Gasteiger partial charge in [-0.25, -0.2) is 9.98 Å². The van der Waals surface area contributed by atoms with Crippen molar-refractivity contribution in [2.24, 2.45) is 9.98 Å². The second-order valence-electron chi connectivity index (χ2n) is 11.1. The number of aliphatic imine (C=N–C) groups is 2. The standard InChI is InChI=1S/2C22H21NO3/c2*1-24-18-14-19(25-2)21(20(15-18)26-3)22(16-10-6-4-7-11-16)23-17-12-8-5-9-13-17/h2*4-15H,1-3H3. The zero-order valence-corrected chi connectivity index (χ0v) is 30.2. The molecule has 0 atom stereocenters. The van der Waals surface area contributed by atoms with Gasteiger partial charge in [0.2, 0.25) is 0 Å². The van der Waals surface area contributed by atoms with Crippen LogP contribution in [-0.4, -0.2) is 54.1 Å². The average Bonchev–Trinajstić information content (AvgIpc) is 3.22. The minimum atomic E-state index is 0.639. The van der Waals surface area contributed by atoms with E-state index < -0.39 is 0 Å². The third-order valence-corrected chi connectivity index (χ3v) is 7.99. The van der Waals surface area contributed by atoms with Crippen molar-refractivity contribution in [1.29, 1.82) is 0 Å². The minimum absolute atomic E-state index is 0.639. The van der Waals surface area contributed by atoms with E-state index in [9.17, 15) is 0 Å². The van der Waals surface area contributed by atoms with Crippen molar-refractivity contribution in [1.82, 2.24) is 0 Å². The molecule has 8 heteroatoms. The Morgan fingerprint density at radius 2 is 0.615 bits per heavy atom. The van der Waals surface area contributed by atoms with E-state index in [1.165, 1.54) is 0 Å². The van der Waals surface area contributed by atoms with Gasteiger partial charge in [-0.3, -0.25) is 0 Å². The van der Waals surface area contributed by atoms with Gasteiger partial charge in [-0.05, 0) is 24.3 Å². The smallest absolute Gasteiger partial charge is 0.135 e. The highest BCUT2D eigenvalue weighted by Crippen LogP contribution is 2.38. The molecule has 0 radical (unpaired) electrons. The minimum Gasteiger partial charge on any atom is -0.496 e. The fraction of sp³-hybridized carbons (Fsp3) is 0.136. The van der Waals surface area contributed by atoms with Crippen LogP contribution in [0.15, 0.2) is 156 Å².